The van der Waals surface area contributed by atoms with Crippen LogP contribution in [0.1, 0.15) is 12.0 Å². The molecule has 2 rings (SSSR count). The van der Waals surface area contributed by atoms with Crippen LogP contribution in [0.25, 0.3) is 0 Å². The van der Waals surface area contributed by atoms with E-state index >= 15 is 0 Å². The smallest absolute Gasteiger partial charge is 0.259 e. The van der Waals surface area contributed by atoms with Crippen molar-refractivity contribution in [2.75, 3.05) is 31.4 Å². The summed E-state index contributed by atoms with van der Waals surface area (Å²) in [6.45, 7) is 0. The molecular weight excluding hydrogens is 372 g/mol. The predicted octanol–water partition coefficient (Wildman–Crippen LogP) is 2.83. The third-order valence-electron chi connectivity index (χ3n) is 3.74. The molecule has 1 atom stereocenters. The van der Waals surface area contributed by atoms with Crippen molar-refractivity contribution in [2.24, 2.45) is 0 Å². The normalized spacial score (nSPS) is 11.4. The third-order valence-corrected chi connectivity index (χ3v) is 4.15. The number of nitrogens with one attached hydrogen (secondary N) is 2. The second kappa shape index (κ2) is 9.79. The highest BCUT2D eigenvalue weighted by molar-refractivity contribution is 7.80. The Hall–Kier alpha value is -2.78. The van der Waals surface area contributed by atoms with Gasteiger partial charge >= 0.3 is 0 Å². The number of methoxy groups -OCH3 is 3. The maximum Gasteiger partial charge on any atom is 0.259 e. The fraction of sp³-hybridized carbons (Fsp3) is 0.278. The Morgan fingerprint density at radius 1 is 1.00 bits per heavy atom. The minimum absolute atomic E-state index is 0.157. The molecule has 0 saturated heterocycles. The van der Waals surface area contributed by atoms with E-state index in [4.69, 9.17) is 18.8 Å². The van der Waals surface area contributed by atoms with Gasteiger partial charge < -0.3 is 19.5 Å². The van der Waals surface area contributed by atoms with Crippen molar-refractivity contribution in [1.82, 2.24) is 0 Å². The lowest BCUT2D eigenvalue weighted by atomic mass is 10.1. The summed E-state index contributed by atoms with van der Waals surface area (Å²) in [5.41, 5.74) is 1.95. The highest BCUT2D eigenvalue weighted by atomic mass is 32.2. The number of rotatable bonds is 9. The minimum atomic E-state index is -2.13. The first-order valence-electron chi connectivity index (χ1n) is 8.03. The monoisotopic (exact) mass is 394 g/mol. The molecule has 0 spiro atoms. The van der Waals surface area contributed by atoms with Gasteiger partial charge in [0.2, 0.25) is 11.7 Å². The van der Waals surface area contributed by atoms with E-state index in [0.717, 1.165) is 5.56 Å². The van der Waals surface area contributed by atoms with E-state index in [1.165, 1.54) is 7.11 Å². The number of aryl methyl sites for hydroxylation is 1. The lowest BCUT2D eigenvalue weighted by molar-refractivity contribution is -0.116. The van der Waals surface area contributed by atoms with Gasteiger partial charge in [-0.15, -0.1) is 0 Å². The molecule has 0 aliphatic rings. The molecular formula is C18H22N2O6S. The molecule has 146 valence electrons. The average Bonchev–Trinajstić information content (AvgIpc) is 2.66. The number of ether oxygens (including phenoxy) is 3. The second-order valence-electron chi connectivity index (χ2n) is 5.51. The van der Waals surface area contributed by atoms with Crippen LogP contribution in [0.3, 0.4) is 0 Å². The molecule has 3 N–H and O–H groups in total. The van der Waals surface area contributed by atoms with Crippen molar-refractivity contribution in [3.05, 3.63) is 42.0 Å². The largest absolute Gasteiger partial charge is 0.493 e. The molecule has 0 aromatic heterocycles. The molecule has 0 radical (unpaired) electrons. The Kier molecular flexibility index (Phi) is 7.44. The van der Waals surface area contributed by atoms with Crippen LogP contribution in [-0.4, -0.2) is 36.0 Å². The van der Waals surface area contributed by atoms with Crippen LogP contribution >= 0.6 is 0 Å². The number of anilines is 2. The summed E-state index contributed by atoms with van der Waals surface area (Å²) in [6, 6.07) is 10.1. The zero-order chi connectivity index (χ0) is 19.8. The molecule has 27 heavy (non-hydrogen) atoms. The van der Waals surface area contributed by atoms with Gasteiger partial charge in [-0.3, -0.25) is 14.1 Å². The van der Waals surface area contributed by atoms with Crippen molar-refractivity contribution in [3.63, 3.8) is 0 Å². The average molecular weight is 394 g/mol. The van der Waals surface area contributed by atoms with Crippen LogP contribution in [0, 0.1) is 0 Å². The van der Waals surface area contributed by atoms with E-state index < -0.39 is 11.3 Å². The van der Waals surface area contributed by atoms with Crippen LogP contribution in [0.15, 0.2) is 36.4 Å². The molecule has 9 heteroatoms. The first-order valence-corrected chi connectivity index (χ1v) is 9.13. The summed E-state index contributed by atoms with van der Waals surface area (Å²) < 4.78 is 37.7. The van der Waals surface area contributed by atoms with Crippen molar-refractivity contribution in [1.29, 1.82) is 0 Å². The van der Waals surface area contributed by atoms with Gasteiger partial charge in [-0.2, -0.15) is 0 Å². The van der Waals surface area contributed by atoms with Gasteiger partial charge in [0.1, 0.15) is 0 Å². The molecule has 0 saturated carbocycles. The second-order valence-corrected chi connectivity index (χ2v) is 6.21. The molecule has 2 aromatic carbocycles. The minimum Gasteiger partial charge on any atom is -0.493 e. The van der Waals surface area contributed by atoms with E-state index in [0.29, 0.717) is 35.0 Å². The molecule has 0 bridgehead atoms. The lowest BCUT2D eigenvalue weighted by Gasteiger charge is -2.14. The van der Waals surface area contributed by atoms with Crippen LogP contribution in [-0.2, 0) is 22.5 Å². The highest BCUT2D eigenvalue weighted by Gasteiger charge is 2.14. The molecule has 8 nitrogen and oxygen atoms in total. The quantitative estimate of drug-likeness (QED) is 0.565. The number of amides is 1. The van der Waals surface area contributed by atoms with E-state index in [2.05, 4.69) is 10.0 Å². The summed E-state index contributed by atoms with van der Waals surface area (Å²) in [4.78, 5) is 12.2. The summed E-state index contributed by atoms with van der Waals surface area (Å²) in [6.07, 6.45) is 0.755. The van der Waals surface area contributed by atoms with E-state index in [9.17, 15) is 9.00 Å². The number of hydrogen-bond donors (Lipinski definition) is 3. The number of carbonyl (C=O) groups excluding carboxylic acids is 1. The number of carbonyl (C=O) groups is 1. The number of hydrogen-bond acceptors (Lipinski definition) is 5. The van der Waals surface area contributed by atoms with Crippen molar-refractivity contribution in [2.45, 2.75) is 12.8 Å². The van der Waals surface area contributed by atoms with Gasteiger partial charge in [-0.05, 0) is 48.4 Å². The van der Waals surface area contributed by atoms with E-state index in [1.54, 1.807) is 38.5 Å². The molecule has 1 amide bonds. The van der Waals surface area contributed by atoms with E-state index in [1.807, 2.05) is 12.1 Å². The highest BCUT2D eigenvalue weighted by Crippen LogP contribution is 2.38. The maximum atomic E-state index is 12.2. The first kappa shape index (κ1) is 20.5. The van der Waals surface area contributed by atoms with E-state index in [-0.39, 0.29) is 12.3 Å². The Labute approximate surface area is 160 Å². The molecule has 0 aliphatic heterocycles. The molecule has 1 unspecified atom stereocenters. The number of benzene rings is 2. The van der Waals surface area contributed by atoms with Gasteiger partial charge in [0, 0.05) is 17.8 Å². The van der Waals surface area contributed by atoms with Gasteiger partial charge in [0.25, 0.3) is 11.3 Å². The Bertz CT molecular complexity index is 785. The maximum absolute atomic E-state index is 12.2. The Balaban J connectivity index is 1.98. The van der Waals surface area contributed by atoms with Crippen LogP contribution in [0.4, 0.5) is 11.4 Å². The Morgan fingerprint density at radius 2 is 1.56 bits per heavy atom. The van der Waals surface area contributed by atoms with Crippen molar-refractivity contribution < 1.29 is 27.8 Å². The van der Waals surface area contributed by atoms with Crippen LogP contribution in [0.2, 0.25) is 0 Å². The van der Waals surface area contributed by atoms with Gasteiger partial charge in [0.15, 0.2) is 11.5 Å². The van der Waals surface area contributed by atoms with Crippen molar-refractivity contribution in [3.8, 4) is 17.2 Å². The molecule has 0 heterocycles. The van der Waals surface area contributed by atoms with Gasteiger partial charge in [0.05, 0.1) is 21.3 Å². The third kappa shape index (κ3) is 5.87. The summed E-state index contributed by atoms with van der Waals surface area (Å²) in [5.74, 6) is 1.43. The SMILES string of the molecule is COc1cc(CCC(=O)Nc2ccc(NS(=O)O)cc2)cc(OC)c1OC. The van der Waals surface area contributed by atoms with Crippen LogP contribution < -0.4 is 24.2 Å². The fourth-order valence-corrected chi connectivity index (χ4v) is 2.82. The molecule has 2 aromatic rings. The first-order chi connectivity index (χ1) is 13.0. The topological polar surface area (TPSA) is 106 Å². The summed E-state index contributed by atoms with van der Waals surface area (Å²) in [7, 11) is 4.61. The molecule has 0 fully saturated rings. The van der Waals surface area contributed by atoms with Crippen LogP contribution in [0.5, 0.6) is 17.2 Å². The summed E-state index contributed by atoms with van der Waals surface area (Å²) in [5, 5.41) is 2.78. The standard InChI is InChI=1S/C18H22N2O6S/c1-24-15-10-12(11-16(25-2)18(15)26-3)4-9-17(21)19-13-5-7-14(8-6-13)20-27(22)23/h5-8,10-11,20H,4,9H2,1-3H3,(H,19,21)(H,22,23). The molecule has 0 aliphatic carbocycles. The fourth-order valence-electron chi connectivity index (χ4n) is 2.48. The van der Waals surface area contributed by atoms with Crippen molar-refractivity contribution >= 4 is 28.5 Å². The lowest BCUT2D eigenvalue weighted by Crippen LogP contribution is -2.12. The summed E-state index contributed by atoms with van der Waals surface area (Å²) >= 11 is -2.13. The zero-order valence-corrected chi connectivity index (χ0v) is 16.1. The Morgan fingerprint density at radius 3 is 2.04 bits per heavy atom. The predicted molar refractivity (Wildman–Crippen MR) is 104 cm³/mol. The van der Waals surface area contributed by atoms with Gasteiger partial charge in [-0.1, -0.05) is 0 Å². The van der Waals surface area contributed by atoms with Gasteiger partial charge in [-0.25, -0.2) is 4.21 Å². The zero-order valence-electron chi connectivity index (χ0n) is 15.3.